The molecule has 106 valence electrons. The molecule has 0 aliphatic carbocycles. The summed E-state index contributed by atoms with van der Waals surface area (Å²) in [6.45, 7) is 4.44. The molecule has 7 heteroatoms. The van der Waals surface area contributed by atoms with Crippen molar-refractivity contribution in [2.45, 2.75) is 25.5 Å². The van der Waals surface area contributed by atoms with Gasteiger partial charge in [0.1, 0.15) is 5.75 Å². The van der Waals surface area contributed by atoms with Gasteiger partial charge in [0, 0.05) is 11.8 Å². The average molecular weight is 291 g/mol. The van der Waals surface area contributed by atoms with E-state index in [-0.39, 0.29) is 5.69 Å². The summed E-state index contributed by atoms with van der Waals surface area (Å²) in [5.74, 6) is -3.66. The molecule has 1 amide bonds. The molecule has 0 heterocycles. The third-order valence-corrected chi connectivity index (χ3v) is 4.97. The molecule has 0 radical (unpaired) electrons. The SMILES string of the molecule is CC(C)(C)S(=O)(=O)CC(=O)Nc1ccc(F)c(F)c1. The van der Waals surface area contributed by atoms with Gasteiger partial charge < -0.3 is 5.32 Å². The summed E-state index contributed by atoms with van der Waals surface area (Å²) < 4.78 is 48.1. The van der Waals surface area contributed by atoms with Crippen molar-refractivity contribution in [3.05, 3.63) is 29.8 Å². The van der Waals surface area contributed by atoms with E-state index in [1.165, 1.54) is 20.8 Å². The number of benzene rings is 1. The summed E-state index contributed by atoms with van der Waals surface area (Å²) in [6.07, 6.45) is 0. The molecule has 0 aromatic heterocycles. The third kappa shape index (κ3) is 3.99. The van der Waals surface area contributed by atoms with Crippen molar-refractivity contribution in [1.82, 2.24) is 0 Å². The van der Waals surface area contributed by atoms with Crippen LogP contribution < -0.4 is 5.32 Å². The molecule has 0 saturated heterocycles. The van der Waals surface area contributed by atoms with E-state index < -0.39 is 37.9 Å². The maximum absolute atomic E-state index is 12.9. The Labute approximate surface area is 110 Å². The summed E-state index contributed by atoms with van der Waals surface area (Å²) in [5, 5.41) is 2.21. The second kappa shape index (κ2) is 5.24. The Bertz CT molecular complexity index is 591. The van der Waals surface area contributed by atoms with Crippen LogP contribution in [0.1, 0.15) is 20.8 Å². The van der Waals surface area contributed by atoms with Gasteiger partial charge in [-0.3, -0.25) is 4.79 Å². The summed E-state index contributed by atoms with van der Waals surface area (Å²) in [7, 11) is -3.62. The van der Waals surface area contributed by atoms with E-state index in [4.69, 9.17) is 0 Å². The number of carbonyl (C=O) groups excluding carboxylic acids is 1. The van der Waals surface area contributed by atoms with Crippen molar-refractivity contribution in [3.63, 3.8) is 0 Å². The van der Waals surface area contributed by atoms with Gasteiger partial charge in [-0.05, 0) is 32.9 Å². The van der Waals surface area contributed by atoms with E-state index in [0.717, 1.165) is 18.2 Å². The Morgan fingerprint density at radius 3 is 2.26 bits per heavy atom. The Kier molecular flexibility index (Phi) is 4.29. The van der Waals surface area contributed by atoms with Crippen LogP contribution in [0.15, 0.2) is 18.2 Å². The van der Waals surface area contributed by atoms with E-state index in [1.807, 2.05) is 0 Å². The van der Waals surface area contributed by atoms with Gasteiger partial charge >= 0.3 is 0 Å². The van der Waals surface area contributed by atoms with E-state index in [1.54, 1.807) is 0 Å². The molecular weight excluding hydrogens is 276 g/mol. The highest BCUT2D eigenvalue weighted by Gasteiger charge is 2.31. The van der Waals surface area contributed by atoms with E-state index >= 15 is 0 Å². The fraction of sp³-hybridized carbons (Fsp3) is 0.417. The highest BCUT2D eigenvalue weighted by atomic mass is 32.2. The summed E-state index contributed by atoms with van der Waals surface area (Å²) in [5.41, 5.74) is 0.00742. The first-order valence-corrected chi connectivity index (χ1v) is 7.15. The van der Waals surface area contributed by atoms with Crippen LogP contribution in [-0.4, -0.2) is 24.8 Å². The topological polar surface area (TPSA) is 63.2 Å². The van der Waals surface area contributed by atoms with E-state index in [9.17, 15) is 22.0 Å². The molecule has 1 aromatic rings. The first kappa shape index (κ1) is 15.6. The Morgan fingerprint density at radius 2 is 1.79 bits per heavy atom. The third-order valence-electron chi connectivity index (χ3n) is 2.46. The van der Waals surface area contributed by atoms with Crippen LogP contribution in [-0.2, 0) is 14.6 Å². The lowest BCUT2D eigenvalue weighted by atomic mass is 10.3. The Morgan fingerprint density at radius 1 is 1.21 bits per heavy atom. The minimum atomic E-state index is -3.62. The molecule has 1 rings (SSSR count). The smallest absolute Gasteiger partial charge is 0.239 e. The predicted octanol–water partition coefficient (Wildman–Crippen LogP) is 2.12. The number of amides is 1. The van der Waals surface area contributed by atoms with Gasteiger partial charge in [-0.25, -0.2) is 17.2 Å². The molecule has 0 unspecified atom stereocenters. The molecule has 4 nitrogen and oxygen atoms in total. The number of rotatable bonds is 3. The zero-order valence-corrected chi connectivity index (χ0v) is 11.6. The minimum Gasteiger partial charge on any atom is -0.325 e. The zero-order chi connectivity index (χ0) is 14.8. The Balaban J connectivity index is 2.79. The zero-order valence-electron chi connectivity index (χ0n) is 10.8. The molecule has 0 atom stereocenters. The van der Waals surface area contributed by atoms with E-state index in [2.05, 4.69) is 5.32 Å². The largest absolute Gasteiger partial charge is 0.325 e. The van der Waals surface area contributed by atoms with Crippen molar-refractivity contribution >= 4 is 21.4 Å². The van der Waals surface area contributed by atoms with Crippen LogP contribution in [0, 0.1) is 11.6 Å². The first-order valence-electron chi connectivity index (χ1n) is 5.50. The highest BCUT2D eigenvalue weighted by molar-refractivity contribution is 7.93. The quantitative estimate of drug-likeness (QED) is 0.927. The number of hydrogen-bond acceptors (Lipinski definition) is 3. The second-order valence-corrected chi connectivity index (χ2v) is 7.79. The van der Waals surface area contributed by atoms with Crippen LogP contribution in [0.4, 0.5) is 14.5 Å². The predicted molar refractivity (Wildman–Crippen MR) is 68.5 cm³/mol. The summed E-state index contributed by atoms with van der Waals surface area (Å²) in [4.78, 5) is 11.6. The van der Waals surface area contributed by atoms with Gasteiger partial charge in [0.2, 0.25) is 5.91 Å². The standard InChI is InChI=1S/C12H15F2NO3S/c1-12(2,3)19(17,18)7-11(16)15-8-4-5-9(13)10(14)6-8/h4-6H,7H2,1-3H3,(H,15,16). The van der Waals surface area contributed by atoms with Crippen molar-refractivity contribution in [2.24, 2.45) is 0 Å². The molecule has 0 saturated carbocycles. The number of sulfone groups is 1. The van der Waals surface area contributed by atoms with Crippen molar-refractivity contribution in [2.75, 3.05) is 11.1 Å². The van der Waals surface area contributed by atoms with Gasteiger partial charge in [0.05, 0.1) is 4.75 Å². The lowest BCUT2D eigenvalue weighted by Crippen LogP contribution is -2.35. The Hall–Kier alpha value is -1.50. The van der Waals surface area contributed by atoms with Crippen LogP contribution in [0.25, 0.3) is 0 Å². The van der Waals surface area contributed by atoms with E-state index in [0.29, 0.717) is 0 Å². The van der Waals surface area contributed by atoms with Crippen molar-refractivity contribution in [1.29, 1.82) is 0 Å². The number of carbonyl (C=O) groups is 1. The van der Waals surface area contributed by atoms with Crippen molar-refractivity contribution in [3.8, 4) is 0 Å². The number of halogens is 2. The van der Waals surface area contributed by atoms with Gasteiger partial charge in [-0.15, -0.1) is 0 Å². The van der Waals surface area contributed by atoms with Crippen LogP contribution >= 0.6 is 0 Å². The molecule has 1 aromatic carbocycles. The molecule has 0 bridgehead atoms. The summed E-state index contributed by atoms with van der Waals surface area (Å²) in [6, 6.07) is 2.79. The van der Waals surface area contributed by atoms with Gasteiger partial charge in [-0.2, -0.15) is 0 Å². The monoisotopic (exact) mass is 291 g/mol. The van der Waals surface area contributed by atoms with Crippen LogP contribution in [0.2, 0.25) is 0 Å². The molecule has 0 fully saturated rings. The lowest BCUT2D eigenvalue weighted by molar-refractivity contribution is -0.113. The van der Waals surface area contributed by atoms with Crippen molar-refractivity contribution < 1.29 is 22.0 Å². The minimum absolute atomic E-state index is 0.00742. The first-order chi connectivity index (χ1) is 8.53. The number of hydrogen-bond donors (Lipinski definition) is 1. The average Bonchev–Trinajstić information content (AvgIpc) is 2.21. The number of anilines is 1. The second-order valence-electron chi connectivity index (χ2n) is 5.05. The fourth-order valence-corrected chi connectivity index (χ4v) is 2.01. The molecule has 0 aliphatic rings. The molecule has 0 spiro atoms. The molecule has 19 heavy (non-hydrogen) atoms. The highest BCUT2D eigenvalue weighted by Crippen LogP contribution is 2.17. The molecular formula is C12H15F2NO3S. The maximum Gasteiger partial charge on any atom is 0.239 e. The van der Waals surface area contributed by atoms with Gasteiger partial charge in [0.25, 0.3) is 0 Å². The van der Waals surface area contributed by atoms with Crippen LogP contribution in [0.5, 0.6) is 0 Å². The normalized spacial score (nSPS) is 12.3. The van der Waals surface area contributed by atoms with Gasteiger partial charge in [0.15, 0.2) is 21.5 Å². The molecule has 0 aliphatic heterocycles. The number of nitrogens with one attached hydrogen (secondary N) is 1. The van der Waals surface area contributed by atoms with Gasteiger partial charge in [-0.1, -0.05) is 0 Å². The van der Waals surface area contributed by atoms with Crippen LogP contribution in [0.3, 0.4) is 0 Å². The summed E-state index contributed by atoms with van der Waals surface area (Å²) >= 11 is 0. The lowest BCUT2D eigenvalue weighted by Gasteiger charge is -2.18. The molecule has 1 N–H and O–H groups in total. The maximum atomic E-state index is 12.9. The fourth-order valence-electron chi connectivity index (χ4n) is 1.16.